The minimum Gasteiger partial charge on any atom is -0.464 e. The minimum atomic E-state index is -0.569. The molecule has 1 aliphatic rings. The Morgan fingerprint density at radius 2 is 1.78 bits per heavy atom. The topological polar surface area (TPSA) is 81.6 Å². The van der Waals surface area contributed by atoms with Crippen LogP contribution in [-0.2, 0) is 22.6 Å². The average Bonchev–Trinajstić information content (AvgIpc) is 3.30. The zero-order chi connectivity index (χ0) is 26.3. The van der Waals surface area contributed by atoms with E-state index < -0.39 is 11.6 Å². The third-order valence-corrected chi connectivity index (χ3v) is 6.40. The summed E-state index contributed by atoms with van der Waals surface area (Å²) in [6.45, 7) is 6.46. The molecule has 0 atom stereocenters. The number of amides is 1. The van der Waals surface area contributed by atoms with Crippen molar-refractivity contribution in [3.63, 3.8) is 0 Å². The smallest absolute Gasteiger partial charge is 0.410 e. The van der Waals surface area contributed by atoms with Gasteiger partial charge >= 0.3 is 12.1 Å². The number of fused-ring (bicyclic) bond motifs is 2. The van der Waals surface area contributed by atoms with Crippen LogP contribution >= 0.6 is 11.6 Å². The van der Waals surface area contributed by atoms with Gasteiger partial charge in [0.2, 0.25) is 0 Å². The fourth-order valence-corrected chi connectivity index (χ4v) is 4.75. The number of carbonyl (C=O) groups is 2. The molecule has 0 bridgehead atoms. The van der Waals surface area contributed by atoms with Crippen LogP contribution in [0, 0.1) is 0 Å². The number of rotatable bonds is 3. The van der Waals surface area contributed by atoms with Crippen molar-refractivity contribution in [2.45, 2.75) is 39.5 Å². The zero-order valence-electron chi connectivity index (χ0n) is 21.0. The number of methoxy groups -OCH3 is 1. The number of benzene rings is 2. The second-order valence-electron chi connectivity index (χ2n) is 9.95. The summed E-state index contributed by atoms with van der Waals surface area (Å²) in [7, 11) is 1.32. The number of hydrogen-bond donors (Lipinski definition) is 0. The van der Waals surface area contributed by atoms with E-state index in [9.17, 15) is 9.59 Å². The van der Waals surface area contributed by atoms with Gasteiger partial charge in [0.25, 0.3) is 0 Å². The molecule has 0 fully saturated rings. The molecule has 2 aromatic heterocycles. The van der Waals surface area contributed by atoms with E-state index in [1.807, 2.05) is 63.4 Å². The number of carbonyl (C=O) groups excluding carboxylic acids is 2. The summed E-state index contributed by atoms with van der Waals surface area (Å²) in [6, 6.07) is 15.3. The summed E-state index contributed by atoms with van der Waals surface area (Å²) in [5, 5.41) is 2.57. The molecule has 3 heterocycles. The highest BCUT2D eigenvalue weighted by Crippen LogP contribution is 2.39. The quantitative estimate of drug-likeness (QED) is 0.284. The summed E-state index contributed by atoms with van der Waals surface area (Å²) in [4.78, 5) is 35.0. The minimum absolute atomic E-state index is 0.240. The summed E-state index contributed by atoms with van der Waals surface area (Å²) in [5.74, 6) is -0.484. The molecule has 5 rings (SSSR count). The third-order valence-electron chi connectivity index (χ3n) is 6.18. The molecule has 0 saturated carbocycles. The summed E-state index contributed by atoms with van der Waals surface area (Å²) >= 11 is 6.52. The number of aromatic nitrogens is 2. The molecule has 8 heteroatoms. The van der Waals surface area contributed by atoms with Crippen LogP contribution in [0.25, 0.3) is 33.2 Å². The van der Waals surface area contributed by atoms with E-state index >= 15 is 0 Å². The van der Waals surface area contributed by atoms with Crippen LogP contribution in [0.4, 0.5) is 4.79 Å². The zero-order valence-corrected chi connectivity index (χ0v) is 21.8. The Morgan fingerprint density at radius 1 is 0.973 bits per heavy atom. The Labute approximate surface area is 220 Å². The van der Waals surface area contributed by atoms with Crippen molar-refractivity contribution >= 4 is 34.4 Å². The van der Waals surface area contributed by atoms with Gasteiger partial charge in [-0.3, -0.25) is 9.88 Å². The largest absolute Gasteiger partial charge is 0.464 e. The molecule has 7 nitrogen and oxygen atoms in total. The Morgan fingerprint density at radius 3 is 2.49 bits per heavy atom. The molecule has 1 aliphatic heterocycles. The predicted molar refractivity (Wildman–Crippen MR) is 142 cm³/mol. The monoisotopic (exact) mass is 515 g/mol. The Balaban J connectivity index is 1.51. The summed E-state index contributed by atoms with van der Waals surface area (Å²) in [6.07, 6.45) is 3.10. The first kappa shape index (κ1) is 24.7. The molecule has 0 spiro atoms. The average molecular weight is 516 g/mol. The van der Waals surface area contributed by atoms with Crippen LogP contribution in [0.2, 0.25) is 5.02 Å². The van der Waals surface area contributed by atoms with Crippen molar-refractivity contribution in [2.24, 2.45) is 0 Å². The Bertz CT molecular complexity index is 1530. The number of nitrogens with zero attached hydrogens (tertiary/aromatic N) is 3. The lowest BCUT2D eigenvalue weighted by Gasteiger charge is -2.24. The highest BCUT2D eigenvalue weighted by Gasteiger charge is 2.30. The molecule has 0 aliphatic carbocycles. The van der Waals surface area contributed by atoms with Gasteiger partial charge in [-0.2, -0.15) is 0 Å². The molecule has 37 heavy (non-hydrogen) atoms. The fourth-order valence-electron chi connectivity index (χ4n) is 4.50. The number of hydrogen-bond acceptors (Lipinski definition) is 6. The lowest BCUT2D eigenvalue weighted by molar-refractivity contribution is 0.0241. The standard InChI is InChI=1S/C29H26ClN3O4/c1-29(2,3)37-28(35)33-15-19-10-20(30)12-22(24(19)16-33)21-7-5-6-17-11-26(32-14-23(17)21)18-8-9-25(31-13-18)27(34)36-4/h5-14H,15-16H2,1-4H3. The number of ether oxygens (including phenoxy) is 2. The first-order chi connectivity index (χ1) is 17.6. The Kier molecular flexibility index (Phi) is 6.33. The van der Waals surface area contributed by atoms with E-state index in [4.69, 9.17) is 21.1 Å². The first-order valence-electron chi connectivity index (χ1n) is 11.9. The molecular weight excluding hydrogens is 490 g/mol. The van der Waals surface area contributed by atoms with Gasteiger partial charge < -0.3 is 9.47 Å². The van der Waals surface area contributed by atoms with E-state index in [0.29, 0.717) is 18.1 Å². The lowest BCUT2D eigenvalue weighted by atomic mass is 9.93. The van der Waals surface area contributed by atoms with Crippen molar-refractivity contribution in [3.8, 4) is 22.4 Å². The molecule has 0 radical (unpaired) electrons. The fraction of sp³-hybridized carbons (Fsp3) is 0.241. The summed E-state index contributed by atoms with van der Waals surface area (Å²) in [5.41, 5.74) is 5.21. The second-order valence-corrected chi connectivity index (χ2v) is 10.4. The van der Waals surface area contributed by atoms with Gasteiger partial charge in [-0.15, -0.1) is 0 Å². The maximum absolute atomic E-state index is 12.8. The van der Waals surface area contributed by atoms with Gasteiger partial charge in [0.1, 0.15) is 11.3 Å². The van der Waals surface area contributed by atoms with Crippen LogP contribution in [-0.4, -0.2) is 39.6 Å². The molecule has 2 aromatic carbocycles. The molecule has 188 valence electrons. The van der Waals surface area contributed by atoms with Crippen molar-refractivity contribution in [1.29, 1.82) is 0 Å². The van der Waals surface area contributed by atoms with Crippen LogP contribution in [0.3, 0.4) is 0 Å². The van der Waals surface area contributed by atoms with Gasteiger partial charge in [-0.1, -0.05) is 29.8 Å². The van der Waals surface area contributed by atoms with Crippen LogP contribution in [0.5, 0.6) is 0 Å². The SMILES string of the molecule is COC(=O)c1ccc(-c2cc3cccc(-c4cc(Cl)cc5c4CN(C(=O)OC(C)(C)C)C5)c3cn2)cn1. The maximum atomic E-state index is 12.8. The normalized spacial score (nSPS) is 12.9. The predicted octanol–water partition coefficient (Wildman–Crippen LogP) is 6.65. The molecule has 0 saturated heterocycles. The van der Waals surface area contributed by atoms with Gasteiger partial charge in [0.15, 0.2) is 0 Å². The maximum Gasteiger partial charge on any atom is 0.410 e. The van der Waals surface area contributed by atoms with Gasteiger partial charge in [0, 0.05) is 34.9 Å². The van der Waals surface area contributed by atoms with Crippen molar-refractivity contribution < 1.29 is 19.1 Å². The van der Waals surface area contributed by atoms with E-state index in [-0.39, 0.29) is 11.8 Å². The van der Waals surface area contributed by atoms with E-state index in [1.165, 1.54) is 7.11 Å². The van der Waals surface area contributed by atoms with Crippen molar-refractivity contribution in [3.05, 3.63) is 82.8 Å². The number of esters is 1. The molecular formula is C29H26ClN3O4. The molecule has 0 N–H and O–H groups in total. The van der Waals surface area contributed by atoms with Gasteiger partial charge in [-0.05, 0) is 78.7 Å². The summed E-state index contributed by atoms with van der Waals surface area (Å²) < 4.78 is 10.3. The van der Waals surface area contributed by atoms with Crippen molar-refractivity contribution in [2.75, 3.05) is 7.11 Å². The molecule has 0 unspecified atom stereocenters. The lowest BCUT2D eigenvalue weighted by Crippen LogP contribution is -2.33. The van der Waals surface area contributed by atoms with E-state index in [1.54, 1.807) is 23.2 Å². The highest BCUT2D eigenvalue weighted by atomic mass is 35.5. The van der Waals surface area contributed by atoms with Crippen LogP contribution in [0.1, 0.15) is 42.4 Å². The van der Waals surface area contributed by atoms with Gasteiger partial charge in [0.05, 0.1) is 19.3 Å². The molecule has 1 amide bonds. The number of halogens is 1. The third kappa shape index (κ3) is 5.00. The Hall–Kier alpha value is -3.97. The highest BCUT2D eigenvalue weighted by molar-refractivity contribution is 6.31. The van der Waals surface area contributed by atoms with E-state index in [2.05, 4.69) is 9.97 Å². The second kappa shape index (κ2) is 9.48. The molecule has 4 aromatic rings. The van der Waals surface area contributed by atoms with Gasteiger partial charge in [-0.25, -0.2) is 14.6 Å². The van der Waals surface area contributed by atoms with E-state index in [0.717, 1.165) is 44.3 Å². The van der Waals surface area contributed by atoms with Crippen LogP contribution in [0.15, 0.2) is 60.9 Å². The first-order valence-corrected chi connectivity index (χ1v) is 12.2. The van der Waals surface area contributed by atoms with Crippen LogP contribution < -0.4 is 0 Å². The van der Waals surface area contributed by atoms with Crippen molar-refractivity contribution in [1.82, 2.24) is 14.9 Å². The number of pyridine rings is 2.